The van der Waals surface area contributed by atoms with Crippen LogP contribution >= 0.6 is 24.8 Å². The van der Waals surface area contributed by atoms with Crippen LogP contribution in [-0.4, -0.2) is 30.9 Å². The lowest BCUT2D eigenvalue weighted by Gasteiger charge is -2.15. The van der Waals surface area contributed by atoms with Gasteiger partial charge in [0.2, 0.25) is 0 Å². The quantitative estimate of drug-likeness (QED) is 0.662. The van der Waals surface area contributed by atoms with E-state index in [0.717, 1.165) is 25.6 Å². The zero-order chi connectivity index (χ0) is 6.69. The average molecular weight is 199 g/mol. The molecule has 1 aliphatic rings. The Bertz CT molecular complexity index is 115. The van der Waals surface area contributed by atoms with Crippen molar-refractivity contribution in [2.45, 2.75) is 13.8 Å². The number of rotatable bonds is 2. The van der Waals surface area contributed by atoms with Gasteiger partial charge in [-0.25, -0.2) is 0 Å². The fraction of sp³-hybridized carbons (Fsp3) is 0.857. The minimum atomic E-state index is 0. The molecule has 1 heterocycles. The Hall–Kier alpha value is 0.0500. The van der Waals surface area contributed by atoms with Gasteiger partial charge in [-0.1, -0.05) is 13.8 Å². The van der Waals surface area contributed by atoms with Gasteiger partial charge in [-0.05, 0) is 5.92 Å². The summed E-state index contributed by atoms with van der Waals surface area (Å²) in [5.41, 5.74) is 0. The van der Waals surface area contributed by atoms with E-state index in [2.05, 4.69) is 23.7 Å². The molecule has 4 heteroatoms. The second kappa shape index (κ2) is 6.74. The Labute approximate surface area is 80.9 Å². The molecule has 0 saturated carbocycles. The van der Waals surface area contributed by atoms with Crippen LogP contribution in [0.4, 0.5) is 0 Å². The maximum atomic E-state index is 4.12. The topological polar surface area (TPSA) is 15.6 Å². The summed E-state index contributed by atoms with van der Waals surface area (Å²) in [6, 6.07) is 0. The zero-order valence-electron chi connectivity index (χ0n) is 6.99. The first-order valence-corrected chi connectivity index (χ1v) is 3.53. The molecule has 0 aromatic carbocycles. The Balaban J connectivity index is 0. The van der Waals surface area contributed by atoms with E-state index < -0.39 is 0 Å². The van der Waals surface area contributed by atoms with Crippen molar-refractivity contribution in [1.29, 1.82) is 0 Å². The van der Waals surface area contributed by atoms with E-state index in [-0.39, 0.29) is 24.8 Å². The van der Waals surface area contributed by atoms with E-state index in [1.807, 2.05) is 6.34 Å². The first kappa shape index (κ1) is 13.6. The van der Waals surface area contributed by atoms with Crippen LogP contribution in [0.1, 0.15) is 13.8 Å². The number of nitrogens with zero attached hydrogens (tertiary/aromatic N) is 2. The normalized spacial score (nSPS) is 14.6. The highest BCUT2D eigenvalue weighted by atomic mass is 35.5. The first-order chi connectivity index (χ1) is 4.29. The molecule has 0 bridgehead atoms. The standard InChI is InChI=1S/C7H14N2.2ClH/c1-7(2)5-9-4-3-8-6-9;;/h6-7H,3-5H2,1-2H3;2*1H. The number of aliphatic imine (C=N–C) groups is 1. The van der Waals surface area contributed by atoms with Gasteiger partial charge in [-0.15, -0.1) is 24.8 Å². The van der Waals surface area contributed by atoms with Crippen LogP contribution in [-0.2, 0) is 0 Å². The van der Waals surface area contributed by atoms with Gasteiger partial charge in [-0.3, -0.25) is 4.99 Å². The third-order valence-electron chi connectivity index (χ3n) is 1.36. The van der Waals surface area contributed by atoms with E-state index in [1.54, 1.807) is 0 Å². The minimum absolute atomic E-state index is 0. The van der Waals surface area contributed by atoms with Gasteiger partial charge in [0.25, 0.3) is 0 Å². The summed E-state index contributed by atoms with van der Waals surface area (Å²) < 4.78 is 0. The van der Waals surface area contributed by atoms with Crippen molar-refractivity contribution in [3.05, 3.63) is 0 Å². The molecule has 68 valence electrons. The third kappa shape index (κ3) is 5.33. The highest BCUT2D eigenvalue weighted by Crippen LogP contribution is 1.99. The lowest BCUT2D eigenvalue weighted by molar-refractivity contribution is 0.401. The average Bonchev–Trinajstić information content (AvgIpc) is 2.15. The third-order valence-corrected chi connectivity index (χ3v) is 1.36. The Kier molecular flexibility index (Phi) is 8.35. The molecule has 11 heavy (non-hydrogen) atoms. The van der Waals surface area contributed by atoms with Gasteiger partial charge in [0.05, 0.1) is 12.9 Å². The molecule has 0 fully saturated rings. The van der Waals surface area contributed by atoms with Crippen molar-refractivity contribution in [1.82, 2.24) is 4.90 Å². The summed E-state index contributed by atoms with van der Waals surface area (Å²) in [5, 5.41) is 0. The highest BCUT2D eigenvalue weighted by Gasteiger charge is 2.05. The van der Waals surface area contributed by atoms with Gasteiger partial charge in [0.1, 0.15) is 0 Å². The van der Waals surface area contributed by atoms with Crippen LogP contribution in [0.3, 0.4) is 0 Å². The molecule has 0 unspecified atom stereocenters. The SMILES string of the molecule is CC(C)CN1C=NCC1.Cl.Cl. The molecule has 1 rings (SSSR count). The molecule has 0 N–H and O–H groups in total. The lowest BCUT2D eigenvalue weighted by Crippen LogP contribution is -2.24. The molecule has 0 spiro atoms. The second-order valence-corrected chi connectivity index (χ2v) is 2.91. The molecular weight excluding hydrogens is 183 g/mol. The van der Waals surface area contributed by atoms with Crippen LogP contribution in [0, 0.1) is 5.92 Å². The molecule has 0 atom stereocenters. The van der Waals surface area contributed by atoms with Crippen LogP contribution in [0.5, 0.6) is 0 Å². The number of halogens is 2. The molecule has 0 amide bonds. The van der Waals surface area contributed by atoms with Crippen molar-refractivity contribution < 1.29 is 0 Å². The fourth-order valence-electron chi connectivity index (χ4n) is 1.02. The van der Waals surface area contributed by atoms with Gasteiger partial charge in [0, 0.05) is 13.1 Å². The molecule has 0 aliphatic carbocycles. The highest BCUT2D eigenvalue weighted by molar-refractivity contribution is 5.85. The number of hydrogen-bond donors (Lipinski definition) is 0. The molecule has 2 nitrogen and oxygen atoms in total. The molecule has 0 aromatic heterocycles. The van der Waals surface area contributed by atoms with Crippen molar-refractivity contribution in [3.8, 4) is 0 Å². The Morgan fingerprint density at radius 3 is 2.45 bits per heavy atom. The predicted molar refractivity (Wildman–Crippen MR) is 54.3 cm³/mol. The van der Waals surface area contributed by atoms with E-state index in [4.69, 9.17) is 0 Å². The van der Waals surface area contributed by atoms with E-state index >= 15 is 0 Å². The summed E-state index contributed by atoms with van der Waals surface area (Å²) in [6.07, 6.45) is 1.96. The van der Waals surface area contributed by atoms with Crippen molar-refractivity contribution >= 4 is 31.2 Å². The van der Waals surface area contributed by atoms with Crippen LogP contribution in [0.25, 0.3) is 0 Å². The fourth-order valence-corrected chi connectivity index (χ4v) is 1.02. The van der Waals surface area contributed by atoms with E-state index in [9.17, 15) is 0 Å². The largest absolute Gasteiger partial charge is 0.361 e. The van der Waals surface area contributed by atoms with Gasteiger partial charge >= 0.3 is 0 Å². The first-order valence-electron chi connectivity index (χ1n) is 3.53. The van der Waals surface area contributed by atoms with Gasteiger partial charge < -0.3 is 4.90 Å². The molecule has 0 aromatic rings. The van der Waals surface area contributed by atoms with E-state index in [0.29, 0.717) is 0 Å². The second-order valence-electron chi connectivity index (χ2n) is 2.91. The van der Waals surface area contributed by atoms with Crippen LogP contribution < -0.4 is 0 Å². The maximum absolute atomic E-state index is 4.12. The summed E-state index contributed by atoms with van der Waals surface area (Å²) >= 11 is 0. The van der Waals surface area contributed by atoms with Crippen LogP contribution in [0.15, 0.2) is 4.99 Å². The summed E-state index contributed by atoms with van der Waals surface area (Å²) in [5.74, 6) is 0.759. The molecule has 0 radical (unpaired) electrons. The van der Waals surface area contributed by atoms with Gasteiger partial charge in [0.15, 0.2) is 0 Å². The maximum Gasteiger partial charge on any atom is 0.0851 e. The Morgan fingerprint density at radius 1 is 1.45 bits per heavy atom. The Morgan fingerprint density at radius 2 is 2.09 bits per heavy atom. The smallest absolute Gasteiger partial charge is 0.0851 e. The van der Waals surface area contributed by atoms with Crippen molar-refractivity contribution in [2.75, 3.05) is 19.6 Å². The van der Waals surface area contributed by atoms with Crippen molar-refractivity contribution in [3.63, 3.8) is 0 Å². The molecule has 1 aliphatic heterocycles. The molecular formula is C7H16Cl2N2. The lowest BCUT2D eigenvalue weighted by atomic mass is 10.2. The van der Waals surface area contributed by atoms with Crippen LogP contribution in [0.2, 0.25) is 0 Å². The predicted octanol–water partition coefficient (Wildman–Crippen LogP) is 1.83. The minimum Gasteiger partial charge on any atom is -0.361 e. The number of hydrogen-bond acceptors (Lipinski definition) is 2. The van der Waals surface area contributed by atoms with Gasteiger partial charge in [-0.2, -0.15) is 0 Å². The zero-order valence-corrected chi connectivity index (χ0v) is 8.62. The molecule has 0 saturated heterocycles. The summed E-state index contributed by atoms with van der Waals surface area (Å²) in [7, 11) is 0. The summed E-state index contributed by atoms with van der Waals surface area (Å²) in [6.45, 7) is 7.73. The summed E-state index contributed by atoms with van der Waals surface area (Å²) in [4.78, 5) is 6.39. The monoisotopic (exact) mass is 198 g/mol. The van der Waals surface area contributed by atoms with E-state index in [1.165, 1.54) is 0 Å². The van der Waals surface area contributed by atoms with Crippen molar-refractivity contribution in [2.24, 2.45) is 10.9 Å².